The first kappa shape index (κ1) is 13.6. The van der Waals surface area contributed by atoms with Crippen LogP contribution in [0, 0.1) is 6.92 Å². The van der Waals surface area contributed by atoms with Gasteiger partial charge in [0.1, 0.15) is 0 Å². The molecule has 0 saturated carbocycles. The summed E-state index contributed by atoms with van der Waals surface area (Å²) in [5, 5.41) is 15.9. The van der Waals surface area contributed by atoms with E-state index in [1.807, 2.05) is 38.1 Å². The van der Waals surface area contributed by atoms with Crippen LogP contribution in [0.3, 0.4) is 0 Å². The Labute approximate surface area is 113 Å². The SMILES string of the molecule is Cc1cccc(-n2nnc(C(C)NCCCN)n2)c1. The van der Waals surface area contributed by atoms with Gasteiger partial charge in [-0.05, 0) is 56.3 Å². The number of aromatic nitrogens is 4. The summed E-state index contributed by atoms with van der Waals surface area (Å²) in [4.78, 5) is 1.56. The van der Waals surface area contributed by atoms with Crippen molar-refractivity contribution < 1.29 is 0 Å². The molecule has 0 saturated heterocycles. The molecule has 0 spiro atoms. The van der Waals surface area contributed by atoms with Crippen molar-refractivity contribution in [1.82, 2.24) is 25.5 Å². The molecule has 19 heavy (non-hydrogen) atoms. The highest BCUT2D eigenvalue weighted by atomic mass is 15.6. The van der Waals surface area contributed by atoms with Crippen LogP contribution >= 0.6 is 0 Å². The van der Waals surface area contributed by atoms with Crippen LogP contribution in [-0.2, 0) is 0 Å². The third-order valence-corrected chi connectivity index (χ3v) is 2.88. The van der Waals surface area contributed by atoms with E-state index < -0.39 is 0 Å². The Bertz CT molecular complexity index is 521. The van der Waals surface area contributed by atoms with Gasteiger partial charge in [-0.3, -0.25) is 0 Å². The molecule has 2 aromatic rings. The zero-order valence-electron chi connectivity index (χ0n) is 11.4. The first-order chi connectivity index (χ1) is 9.20. The molecule has 0 radical (unpaired) electrons. The number of aryl methyl sites for hydroxylation is 1. The maximum atomic E-state index is 5.46. The van der Waals surface area contributed by atoms with Crippen molar-refractivity contribution in [3.8, 4) is 5.69 Å². The third-order valence-electron chi connectivity index (χ3n) is 2.88. The van der Waals surface area contributed by atoms with E-state index in [0.717, 1.165) is 18.7 Å². The first-order valence-corrected chi connectivity index (χ1v) is 6.51. The van der Waals surface area contributed by atoms with Crippen LogP contribution in [0.1, 0.15) is 30.8 Å². The quantitative estimate of drug-likeness (QED) is 0.756. The molecule has 102 valence electrons. The molecule has 3 N–H and O–H groups in total. The van der Waals surface area contributed by atoms with Gasteiger partial charge in [0.15, 0.2) is 5.82 Å². The number of nitrogens with one attached hydrogen (secondary N) is 1. The zero-order valence-corrected chi connectivity index (χ0v) is 11.4. The van der Waals surface area contributed by atoms with E-state index >= 15 is 0 Å². The van der Waals surface area contributed by atoms with E-state index in [1.165, 1.54) is 5.56 Å². The maximum absolute atomic E-state index is 5.46. The Morgan fingerprint density at radius 3 is 3.00 bits per heavy atom. The van der Waals surface area contributed by atoms with Crippen LogP contribution in [0.5, 0.6) is 0 Å². The average Bonchev–Trinajstić information content (AvgIpc) is 2.88. The Morgan fingerprint density at radius 1 is 1.42 bits per heavy atom. The van der Waals surface area contributed by atoms with E-state index in [2.05, 4.69) is 20.7 Å². The van der Waals surface area contributed by atoms with Gasteiger partial charge in [-0.1, -0.05) is 12.1 Å². The van der Waals surface area contributed by atoms with Gasteiger partial charge in [-0.25, -0.2) is 0 Å². The lowest BCUT2D eigenvalue weighted by Crippen LogP contribution is -2.22. The lowest BCUT2D eigenvalue weighted by molar-refractivity contribution is 0.536. The summed E-state index contributed by atoms with van der Waals surface area (Å²) in [5.74, 6) is 0.693. The van der Waals surface area contributed by atoms with Crippen molar-refractivity contribution in [3.63, 3.8) is 0 Å². The molecule has 6 heteroatoms. The van der Waals surface area contributed by atoms with E-state index in [-0.39, 0.29) is 6.04 Å². The molecule has 1 aromatic heterocycles. The molecule has 1 aromatic carbocycles. The average molecular weight is 260 g/mol. The number of nitrogens with two attached hydrogens (primary N) is 1. The van der Waals surface area contributed by atoms with Crippen LogP contribution in [0.4, 0.5) is 0 Å². The minimum absolute atomic E-state index is 0.0742. The van der Waals surface area contributed by atoms with Gasteiger partial charge >= 0.3 is 0 Å². The van der Waals surface area contributed by atoms with Gasteiger partial charge in [-0.2, -0.15) is 0 Å². The van der Waals surface area contributed by atoms with Crippen LogP contribution in [0.15, 0.2) is 24.3 Å². The van der Waals surface area contributed by atoms with Crippen LogP contribution < -0.4 is 11.1 Å². The third kappa shape index (κ3) is 3.59. The van der Waals surface area contributed by atoms with Crippen molar-refractivity contribution in [1.29, 1.82) is 0 Å². The van der Waals surface area contributed by atoms with Crippen LogP contribution in [0.2, 0.25) is 0 Å². The van der Waals surface area contributed by atoms with Gasteiger partial charge in [0.2, 0.25) is 0 Å². The van der Waals surface area contributed by atoms with Crippen LogP contribution in [0.25, 0.3) is 5.69 Å². The van der Waals surface area contributed by atoms with Gasteiger partial charge < -0.3 is 11.1 Å². The van der Waals surface area contributed by atoms with Gasteiger partial charge in [-0.15, -0.1) is 15.0 Å². The second-order valence-corrected chi connectivity index (χ2v) is 4.59. The fourth-order valence-electron chi connectivity index (χ4n) is 1.77. The summed E-state index contributed by atoms with van der Waals surface area (Å²) in [6.07, 6.45) is 0.941. The van der Waals surface area contributed by atoms with Crippen molar-refractivity contribution in [2.75, 3.05) is 13.1 Å². The molecule has 6 nitrogen and oxygen atoms in total. The largest absolute Gasteiger partial charge is 0.330 e. The molecule has 1 unspecified atom stereocenters. The predicted octanol–water partition coefficient (Wildman–Crippen LogP) is 0.970. The molecule has 1 atom stereocenters. The number of hydrogen-bond acceptors (Lipinski definition) is 5. The summed E-state index contributed by atoms with van der Waals surface area (Å²) in [5.41, 5.74) is 7.56. The monoisotopic (exact) mass is 260 g/mol. The Morgan fingerprint density at radius 2 is 2.26 bits per heavy atom. The number of benzene rings is 1. The minimum Gasteiger partial charge on any atom is -0.330 e. The summed E-state index contributed by atoms with van der Waals surface area (Å²) < 4.78 is 0. The molecule has 0 bridgehead atoms. The number of nitrogens with zero attached hydrogens (tertiary/aromatic N) is 4. The second-order valence-electron chi connectivity index (χ2n) is 4.59. The highest BCUT2D eigenvalue weighted by molar-refractivity contribution is 5.32. The topological polar surface area (TPSA) is 81.7 Å². The van der Waals surface area contributed by atoms with Crippen molar-refractivity contribution >= 4 is 0 Å². The lowest BCUT2D eigenvalue weighted by atomic mass is 10.2. The molecule has 2 rings (SSSR count). The second kappa shape index (κ2) is 6.40. The highest BCUT2D eigenvalue weighted by Gasteiger charge is 2.11. The highest BCUT2D eigenvalue weighted by Crippen LogP contribution is 2.09. The molecule has 1 heterocycles. The molecule has 0 amide bonds. The summed E-state index contributed by atoms with van der Waals surface area (Å²) in [6.45, 7) is 5.60. The van der Waals surface area contributed by atoms with Gasteiger partial charge in [0, 0.05) is 0 Å². The molecule has 0 aliphatic carbocycles. The number of tetrazole rings is 1. The predicted molar refractivity (Wildman–Crippen MR) is 74.0 cm³/mol. The van der Waals surface area contributed by atoms with Crippen molar-refractivity contribution in [2.45, 2.75) is 26.3 Å². The smallest absolute Gasteiger partial charge is 0.191 e. The standard InChI is InChI=1S/C13H20N6/c1-10-5-3-6-12(9-10)19-17-13(16-18-19)11(2)15-8-4-7-14/h3,5-6,9,11,15H,4,7-8,14H2,1-2H3. The van der Waals surface area contributed by atoms with E-state index in [4.69, 9.17) is 5.73 Å². The Kier molecular flexibility index (Phi) is 4.59. The van der Waals surface area contributed by atoms with Crippen molar-refractivity contribution in [3.05, 3.63) is 35.7 Å². The minimum atomic E-state index is 0.0742. The normalized spacial score (nSPS) is 12.6. The lowest BCUT2D eigenvalue weighted by Gasteiger charge is -2.08. The van der Waals surface area contributed by atoms with Crippen molar-refractivity contribution in [2.24, 2.45) is 5.73 Å². The molecule has 0 aliphatic heterocycles. The molecule has 0 aliphatic rings. The van der Waals surface area contributed by atoms with E-state index in [9.17, 15) is 0 Å². The fourth-order valence-corrected chi connectivity index (χ4v) is 1.77. The first-order valence-electron chi connectivity index (χ1n) is 6.51. The zero-order chi connectivity index (χ0) is 13.7. The molecule has 0 fully saturated rings. The molecular formula is C13H20N6. The van der Waals surface area contributed by atoms with Gasteiger partial charge in [0.05, 0.1) is 11.7 Å². The summed E-state index contributed by atoms with van der Waals surface area (Å²) in [6, 6.07) is 8.09. The Hall–Kier alpha value is -1.79. The van der Waals surface area contributed by atoms with Crippen LogP contribution in [-0.4, -0.2) is 33.3 Å². The molecular weight excluding hydrogens is 240 g/mol. The van der Waals surface area contributed by atoms with E-state index in [0.29, 0.717) is 12.4 Å². The fraction of sp³-hybridized carbons (Fsp3) is 0.462. The number of rotatable bonds is 6. The number of hydrogen-bond donors (Lipinski definition) is 2. The maximum Gasteiger partial charge on any atom is 0.191 e. The Balaban J connectivity index is 2.06. The summed E-state index contributed by atoms with van der Waals surface area (Å²) in [7, 11) is 0. The summed E-state index contributed by atoms with van der Waals surface area (Å²) >= 11 is 0. The van der Waals surface area contributed by atoms with Gasteiger partial charge in [0.25, 0.3) is 0 Å². The van der Waals surface area contributed by atoms with E-state index in [1.54, 1.807) is 4.80 Å².